The molecule has 2 fully saturated rings. The van der Waals surface area contributed by atoms with Gasteiger partial charge in [0.2, 0.25) is 5.91 Å². The number of nitrogens with one attached hydrogen (secondary N) is 1. The van der Waals surface area contributed by atoms with E-state index in [0.29, 0.717) is 37.7 Å². The molecule has 3 N–H and O–H groups in total. The molecule has 0 aliphatic carbocycles. The lowest BCUT2D eigenvalue weighted by atomic mass is 10.1. The molecule has 8 nitrogen and oxygen atoms in total. The van der Waals surface area contributed by atoms with Crippen molar-refractivity contribution in [1.29, 1.82) is 0 Å². The fourth-order valence-electron chi connectivity index (χ4n) is 3.52. The number of benzene rings is 1. The van der Waals surface area contributed by atoms with Crippen molar-refractivity contribution >= 4 is 29.4 Å². The van der Waals surface area contributed by atoms with Crippen molar-refractivity contribution in [2.75, 3.05) is 13.2 Å². The second-order valence-corrected chi connectivity index (χ2v) is 7.75. The van der Waals surface area contributed by atoms with Gasteiger partial charge in [-0.15, -0.1) is 0 Å². The molecule has 0 spiro atoms. The van der Waals surface area contributed by atoms with Gasteiger partial charge in [0, 0.05) is 31.3 Å². The molecular formula is C20H24ClF3N3O5-. The molecule has 2 aliphatic rings. The van der Waals surface area contributed by atoms with Gasteiger partial charge in [-0.25, -0.2) is 0 Å². The molecule has 1 aromatic carbocycles. The molecule has 2 atom stereocenters. The third kappa shape index (κ3) is 7.07. The Morgan fingerprint density at radius 1 is 1.22 bits per heavy atom. The summed E-state index contributed by atoms with van der Waals surface area (Å²) < 4.78 is 37.0. The monoisotopic (exact) mass is 478 g/mol. The van der Waals surface area contributed by atoms with Crippen LogP contribution < -0.4 is 16.2 Å². The van der Waals surface area contributed by atoms with Crippen LogP contribution in [0.1, 0.15) is 36.8 Å². The summed E-state index contributed by atoms with van der Waals surface area (Å²) in [7, 11) is 0. The lowest BCUT2D eigenvalue weighted by Crippen LogP contribution is -2.49. The smallest absolute Gasteiger partial charge is 0.430 e. The van der Waals surface area contributed by atoms with Gasteiger partial charge in [0.15, 0.2) is 0 Å². The molecule has 0 aromatic heterocycles. The highest BCUT2D eigenvalue weighted by molar-refractivity contribution is 6.30. The first-order chi connectivity index (χ1) is 15.0. The quantitative estimate of drug-likeness (QED) is 0.647. The zero-order chi connectivity index (χ0) is 23.9. The number of hydrogen-bond acceptors (Lipinski definition) is 6. The Morgan fingerprint density at radius 3 is 2.47 bits per heavy atom. The van der Waals surface area contributed by atoms with Crippen LogP contribution in [0.2, 0.25) is 5.02 Å². The van der Waals surface area contributed by atoms with Crippen molar-refractivity contribution in [2.45, 2.75) is 57.1 Å². The van der Waals surface area contributed by atoms with Gasteiger partial charge < -0.3 is 30.6 Å². The number of rotatable bonds is 5. The van der Waals surface area contributed by atoms with Crippen molar-refractivity contribution in [3.05, 3.63) is 34.3 Å². The Kier molecular flexibility index (Phi) is 9.29. The van der Waals surface area contributed by atoms with Gasteiger partial charge in [0.25, 0.3) is 5.91 Å². The van der Waals surface area contributed by atoms with E-state index in [2.05, 4.69) is 5.32 Å². The van der Waals surface area contributed by atoms with Gasteiger partial charge in [0.05, 0.1) is 0 Å². The second-order valence-electron chi connectivity index (χ2n) is 7.31. The van der Waals surface area contributed by atoms with Crippen LogP contribution in [0.3, 0.4) is 0 Å². The number of hydrogen-bond donors (Lipinski definition) is 2. The van der Waals surface area contributed by atoms with E-state index in [-0.39, 0.29) is 17.9 Å². The van der Waals surface area contributed by atoms with Crippen molar-refractivity contribution in [2.24, 2.45) is 5.73 Å². The molecule has 2 saturated heterocycles. The minimum Gasteiger partial charge on any atom is -0.542 e. The summed E-state index contributed by atoms with van der Waals surface area (Å²) in [4.78, 5) is 35.7. The number of aliphatic carboxylic acids is 1. The zero-order valence-corrected chi connectivity index (χ0v) is 17.9. The van der Waals surface area contributed by atoms with Crippen LogP contribution >= 0.6 is 11.6 Å². The number of alkyl halides is 3. The highest BCUT2D eigenvalue weighted by Crippen LogP contribution is 2.23. The van der Waals surface area contributed by atoms with Crippen molar-refractivity contribution < 1.29 is 37.4 Å². The maximum Gasteiger partial charge on any atom is 0.430 e. The summed E-state index contributed by atoms with van der Waals surface area (Å²) in [6.07, 6.45) is -2.42. The van der Waals surface area contributed by atoms with Gasteiger partial charge in [0.1, 0.15) is 18.1 Å². The molecule has 2 amide bonds. The molecule has 0 unspecified atom stereocenters. The molecule has 3 rings (SSSR count). The number of carbonyl (C=O) groups is 3. The van der Waals surface area contributed by atoms with E-state index in [1.54, 1.807) is 11.0 Å². The minimum absolute atomic E-state index is 0.0550. The number of carboxylic acids is 1. The lowest BCUT2D eigenvalue weighted by molar-refractivity contribution is -0.344. The summed E-state index contributed by atoms with van der Waals surface area (Å²) in [6, 6.07) is 5.05. The Hall–Kier alpha value is -2.37. The SMILES string of the molecule is NCc1ccc(Cl)cc1CNC(=O)[C@@H]1CCCN1C(=O)[C@H]1CCCO1.O=C([O-])C(F)(F)F. The fraction of sp³-hybridized carbons (Fsp3) is 0.550. The van der Waals surface area contributed by atoms with E-state index < -0.39 is 18.2 Å². The zero-order valence-electron chi connectivity index (χ0n) is 17.1. The topological polar surface area (TPSA) is 125 Å². The highest BCUT2D eigenvalue weighted by Gasteiger charge is 2.38. The fourth-order valence-corrected chi connectivity index (χ4v) is 3.71. The van der Waals surface area contributed by atoms with Gasteiger partial charge in [-0.05, 0) is 48.9 Å². The van der Waals surface area contributed by atoms with E-state index >= 15 is 0 Å². The predicted octanol–water partition coefficient (Wildman–Crippen LogP) is 0.883. The first-order valence-electron chi connectivity index (χ1n) is 10.00. The lowest BCUT2D eigenvalue weighted by Gasteiger charge is -2.26. The Morgan fingerprint density at radius 2 is 1.91 bits per heavy atom. The maximum atomic E-state index is 12.6. The van der Waals surface area contributed by atoms with E-state index in [4.69, 9.17) is 32.0 Å². The van der Waals surface area contributed by atoms with Crippen molar-refractivity contribution in [3.63, 3.8) is 0 Å². The molecule has 32 heavy (non-hydrogen) atoms. The minimum atomic E-state index is -5.19. The van der Waals surface area contributed by atoms with E-state index in [0.717, 1.165) is 30.4 Å². The Bertz CT molecular complexity index is 831. The highest BCUT2D eigenvalue weighted by atomic mass is 35.5. The molecule has 178 valence electrons. The van der Waals surface area contributed by atoms with E-state index in [9.17, 15) is 22.8 Å². The number of carbonyl (C=O) groups excluding carboxylic acids is 3. The number of nitrogens with zero attached hydrogens (tertiary/aromatic N) is 1. The molecular weight excluding hydrogens is 455 g/mol. The third-order valence-corrected chi connectivity index (χ3v) is 5.35. The number of ether oxygens (including phenoxy) is 1. The van der Waals surface area contributed by atoms with Crippen molar-refractivity contribution in [1.82, 2.24) is 10.2 Å². The van der Waals surface area contributed by atoms with E-state index in [1.807, 2.05) is 12.1 Å². The molecule has 1 aromatic rings. The van der Waals surface area contributed by atoms with Gasteiger partial charge in [-0.2, -0.15) is 13.2 Å². The molecule has 0 bridgehead atoms. The van der Waals surface area contributed by atoms with Crippen LogP contribution in [0.25, 0.3) is 0 Å². The van der Waals surface area contributed by atoms with Crippen LogP contribution in [0.5, 0.6) is 0 Å². The Balaban J connectivity index is 0.000000451. The summed E-state index contributed by atoms with van der Waals surface area (Å²) in [6.45, 7) is 1.97. The number of halogens is 4. The van der Waals surface area contributed by atoms with Crippen LogP contribution in [0.4, 0.5) is 13.2 Å². The second kappa shape index (κ2) is 11.5. The largest absolute Gasteiger partial charge is 0.542 e. The summed E-state index contributed by atoms with van der Waals surface area (Å²) in [5.74, 6) is -3.19. The number of carboxylic acid groups (broad SMARTS) is 1. The third-order valence-electron chi connectivity index (χ3n) is 5.12. The van der Waals surface area contributed by atoms with Crippen LogP contribution in [-0.2, 0) is 32.2 Å². The van der Waals surface area contributed by atoms with Crippen molar-refractivity contribution in [3.8, 4) is 0 Å². The number of amides is 2. The normalized spacial score (nSPS) is 20.5. The molecule has 12 heteroatoms. The molecule has 2 heterocycles. The maximum absolute atomic E-state index is 12.6. The first-order valence-corrected chi connectivity index (χ1v) is 10.4. The summed E-state index contributed by atoms with van der Waals surface area (Å²) >= 11 is 6.03. The van der Waals surface area contributed by atoms with Crippen LogP contribution in [0, 0.1) is 0 Å². The molecule has 2 aliphatic heterocycles. The summed E-state index contributed by atoms with van der Waals surface area (Å²) in [5.41, 5.74) is 7.59. The van der Waals surface area contributed by atoms with Gasteiger partial charge in [-0.3, -0.25) is 9.59 Å². The van der Waals surface area contributed by atoms with E-state index in [1.165, 1.54) is 0 Å². The average molecular weight is 479 g/mol. The molecule has 0 saturated carbocycles. The Labute approximate surface area is 187 Å². The van der Waals surface area contributed by atoms with Gasteiger partial charge >= 0.3 is 6.18 Å². The number of likely N-dealkylation sites (tertiary alicyclic amines) is 1. The molecule has 0 radical (unpaired) electrons. The average Bonchev–Trinajstić information content (AvgIpc) is 3.43. The summed E-state index contributed by atoms with van der Waals surface area (Å²) in [5, 5.41) is 12.3. The predicted molar refractivity (Wildman–Crippen MR) is 106 cm³/mol. The van der Waals surface area contributed by atoms with Crippen LogP contribution in [0.15, 0.2) is 18.2 Å². The first kappa shape index (κ1) is 25.9. The number of nitrogens with two attached hydrogens (primary N) is 1. The van der Waals surface area contributed by atoms with Gasteiger partial charge in [-0.1, -0.05) is 17.7 Å². The standard InChI is InChI=1S/C18H24ClN3O3.C2HF3O2/c19-14-6-5-12(10-20)13(9-14)11-21-17(23)15-3-1-7-22(15)18(24)16-4-2-8-25-16;3-2(4,5)1(6)7/h5-6,9,15-16H,1-4,7-8,10-11,20H2,(H,21,23);(H,6,7)/p-1/t15-,16+;/m0./s1. The van der Waals surface area contributed by atoms with Crippen LogP contribution in [-0.4, -0.2) is 54.2 Å².